The Balaban J connectivity index is 2.12. The average Bonchev–Trinajstić information content (AvgIpc) is 2.58. The lowest BCUT2D eigenvalue weighted by Crippen LogP contribution is -2.33. The maximum atomic E-state index is 11.5. The molecule has 2 heteroatoms. The summed E-state index contributed by atoms with van der Waals surface area (Å²) in [6.45, 7) is 13.4. The van der Waals surface area contributed by atoms with Gasteiger partial charge in [-0.15, -0.1) is 0 Å². The lowest BCUT2D eigenvalue weighted by atomic mass is 9.63. The van der Waals surface area contributed by atoms with Gasteiger partial charge in [0, 0.05) is 0 Å². The van der Waals surface area contributed by atoms with E-state index in [0.29, 0.717) is 11.1 Å². The van der Waals surface area contributed by atoms with E-state index in [0.717, 1.165) is 17.6 Å². The van der Waals surface area contributed by atoms with Crippen molar-refractivity contribution in [3.8, 4) is 0 Å². The van der Waals surface area contributed by atoms with Gasteiger partial charge in [-0.1, -0.05) is 70.7 Å². The number of fused-ring (bicyclic) bond motifs is 1. The van der Waals surface area contributed by atoms with Crippen molar-refractivity contribution in [1.82, 2.24) is 0 Å². The topological polar surface area (TPSA) is 37.3 Å². The molecule has 2 aromatic carbocycles. The summed E-state index contributed by atoms with van der Waals surface area (Å²) in [6, 6.07) is 13.6. The Morgan fingerprint density at radius 2 is 1.48 bits per heavy atom. The number of benzene rings is 2. The highest BCUT2D eigenvalue weighted by molar-refractivity contribution is 5.96. The fraction of sp³-hybridized carbons (Fsp3) is 0.348. The summed E-state index contributed by atoms with van der Waals surface area (Å²) in [5.41, 5.74) is 5.78. The van der Waals surface area contributed by atoms with Gasteiger partial charge in [-0.05, 0) is 57.6 Å². The Hall–Kier alpha value is -2.35. The van der Waals surface area contributed by atoms with Crippen LogP contribution in [0.5, 0.6) is 0 Å². The Morgan fingerprint density at radius 1 is 0.920 bits per heavy atom. The molecule has 1 aliphatic rings. The number of carboxylic acids is 1. The summed E-state index contributed by atoms with van der Waals surface area (Å²) in [5.74, 6) is -0.920. The van der Waals surface area contributed by atoms with Gasteiger partial charge in [0.05, 0.1) is 5.56 Å². The van der Waals surface area contributed by atoms with Gasteiger partial charge in [0.25, 0.3) is 0 Å². The minimum atomic E-state index is -0.920. The van der Waals surface area contributed by atoms with Crippen molar-refractivity contribution >= 4 is 11.5 Å². The summed E-state index contributed by atoms with van der Waals surface area (Å²) in [7, 11) is 0. The van der Waals surface area contributed by atoms with Crippen molar-refractivity contribution in [2.75, 3.05) is 0 Å². The first-order valence-electron chi connectivity index (χ1n) is 8.80. The van der Waals surface area contributed by atoms with Gasteiger partial charge >= 0.3 is 5.97 Å². The zero-order valence-corrected chi connectivity index (χ0v) is 15.5. The van der Waals surface area contributed by atoms with Crippen molar-refractivity contribution in [1.29, 1.82) is 0 Å². The Bertz CT molecular complexity index is 856. The van der Waals surface area contributed by atoms with E-state index in [9.17, 15) is 9.90 Å². The fourth-order valence-corrected chi connectivity index (χ4v) is 3.86. The number of hydrogen-bond acceptors (Lipinski definition) is 1. The second kappa shape index (κ2) is 5.87. The van der Waals surface area contributed by atoms with E-state index in [4.69, 9.17) is 0 Å². The molecule has 0 atom stereocenters. The van der Waals surface area contributed by atoms with Crippen molar-refractivity contribution < 1.29 is 9.90 Å². The molecule has 0 aromatic heterocycles. The van der Waals surface area contributed by atoms with Crippen LogP contribution < -0.4 is 0 Å². The van der Waals surface area contributed by atoms with Crippen molar-refractivity contribution in [3.05, 3.63) is 76.9 Å². The Morgan fingerprint density at radius 3 is 2.08 bits per heavy atom. The van der Waals surface area contributed by atoms with Crippen LogP contribution in [0, 0.1) is 0 Å². The van der Waals surface area contributed by atoms with Crippen molar-refractivity contribution in [3.63, 3.8) is 0 Å². The van der Waals surface area contributed by atoms with E-state index in [1.807, 2.05) is 12.1 Å². The van der Waals surface area contributed by atoms with Crippen LogP contribution >= 0.6 is 0 Å². The molecule has 0 saturated heterocycles. The molecular formula is C23H26O2. The Kier molecular flexibility index (Phi) is 4.10. The first-order chi connectivity index (χ1) is 11.6. The maximum Gasteiger partial charge on any atom is 0.336 e. The summed E-state index contributed by atoms with van der Waals surface area (Å²) in [6.07, 6.45) is 2.32. The van der Waals surface area contributed by atoms with Crippen LogP contribution in [0.4, 0.5) is 0 Å². The molecule has 130 valence electrons. The molecule has 1 aliphatic carbocycles. The standard InChI is InChI=1S/C23H26O2/c1-15(17-8-6-7-9-18(17)21(24)25)16-10-11-19-20(14-16)23(4,5)13-12-22(19,2)3/h6-11,14H,1,12-13H2,2-5H3,(H,24,25). The predicted octanol–water partition coefficient (Wildman–Crippen LogP) is 5.80. The van der Waals surface area contributed by atoms with Gasteiger partial charge in [-0.3, -0.25) is 0 Å². The lowest BCUT2D eigenvalue weighted by Gasteiger charge is -2.42. The SMILES string of the molecule is C=C(c1ccc2c(c1)C(C)(C)CCC2(C)C)c1ccccc1C(=O)O. The predicted molar refractivity (Wildman–Crippen MR) is 103 cm³/mol. The molecular weight excluding hydrogens is 308 g/mol. The first-order valence-corrected chi connectivity index (χ1v) is 8.80. The molecule has 0 spiro atoms. The zero-order chi connectivity index (χ0) is 18.4. The maximum absolute atomic E-state index is 11.5. The van der Waals surface area contributed by atoms with Crippen LogP contribution in [-0.2, 0) is 10.8 Å². The molecule has 0 amide bonds. The minimum absolute atomic E-state index is 0.119. The van der Waals surface area contributed by atoms with Crippen LogP contribution in [-0.4, -0.2) is 11.1 Å². The van der Waals surface area contributed by atoms with E-state index in [-0.39, 0.29) is 10.8 Å². The number of rotatable bonds is 3. The molecule has 0 bridgehead atoms. The van der Waals surface area contributed by atoms with Gasteiger partial charge in [0.15, 0.2) is 0 Å². The largest absolute Gasteiger partial charge is 0.478 e. The summed E-state index contributed by atoms with van der Waals surface area (Å²) in [4.78, 5) is 11.5. The van der Waals surface area contributed by atoms with Gasteiger partial charge in [0.1, 0.15) is 0 Å². The van der Waals surface area contributed by atoms with Crippen LogP contribution in [0.3, 0.4) is 0 Å². The van der Waals surface area contributed by atoms with E-state index in [1.54, 1.807) is 12.1 Å². The molecule has 2 aromatic rings. The molecule has 1 N–H and O–H groups in total. The third kappa shape index (κ3) is 3.02. The van der Waals surface area contributed by atoms with Crippen molar-refractivity contribution in [2.24, 2.45) is 0 Å². The highest BCUT2D eigenvalue weighted by atomic mass is 16.4. The number of carboxylic acid groups (broad SMARTS) is 1. The average molecular weight is 334 g/mol. The van der Waals surface area contributed by atoms with Crippen molar-refractivity contribution in [2.45, 2.75) is 51.4 Å². The fourth-order valence-electron chi connectivity index (χ4n) is 3.86. The van der Waals surface area contributed by atoms with Gasteiger partial charge in [-0.2, -0.15) is 0 Å². The number of aromatic carboxylic acids is 1. The van der Waals surface area contributed by atoms with E-state index in [2.05, 4.69) is 52.5 Å². The number of carbonyl (C=O) groups is 1. The molecule has 0 fully saturated rings. The molecule has 2 nitrogen and oxygen atoms in total. The summed E-state index contributed by atoms with van der Waals surface area (Å²) < 4.78 is 0. The first kappa shape index (κ1) is 17.5. The lowest BCUT2D eigenvalue weighted by molar-refractivity contribution is 0.0696. The summed E-state index contributed by atoms with van der Waals surface area (Å²) >= 11 is 0. The van der Waals surface area contributed by atoms with Crippen LogP contribution in [0.1, 0.15) is 73.1 Å². The van der Waals surface area contributed by atoms with Crippen LogP contribution in [0.2, 0.25) is 0 Å². The monoisotopic (exact) mass is 334 g/mol. The Labute approximate surface area is 150 Å². The van der Waals surface area contributed by atoms with E-state index in [1.165, 1.54) is 17.5 Å². The minimum Gasteiger partial charge on any atom is -0.478 e. The second-order valence-corrected chi connectivity index (χ2v) is 8.36. The molecule has 3 rings (SSSR count). The molecule has 0 heterocycles. The number of hydrogen-bond donors (Lipinski definition) is 1. The molecule has 0 aliphatic heterocycles. The zero-order valence-electron chi connectivity index (χ0n) is 15.5. The second-order valence-electron chi connectivity index (χ2n) is 8.36. The van der Waals surface area contributed by atoms with E-state index < -0.39 is 5.97 Å². The van der Waals surface area contributed by atoms with Crippen LogP contribution in [0.25, 0.3) is 5.57 Å². The highest BCUT2D eigenvalue weighted by Gasteiger charge is 2.37. The smallest absolute Gasteiger partial charge is 0.336 e. The molecule has 25 heavy (non-hydrogen) atoms. The van der Waals surface area contributed by atoms with Gasteiger partial charge in [0.2, 0.25) is 0 Å². The highest BCUT2D eigenvalue weighted by Crippen LogP contribution is 2.46. The molecule has 0 saturated carbocycles. The quantitative estimate of drug-likeness (QED) is 0.770. The third-order valence-electron chi connectivity index (χ3n) is 5.68. The molecule has 0 unspecified atom stereocenters. The normalized spacial score (nSPS) is 17.6. The summed E-state index contributed by atoms with van der Waals surface area (Å²) in [5, 5.41) is 9.46. The van der Waals surface area contributed by atoms with Gasteiger partial charge in [-0.25, -0.2) is 4.79 Å². The molecule has 0 radical (unpaired) electrons. The van der Waals surface area contributed by atoms with Crippen LogP contribution in [0.15, 0.2) is 49.0 Å². The van der Waals surface area contributed by atoms with Gasteiger partial charge < -0.3 is 5.11 Å². The third-order valence-corrected chi connectivity index (χ3v) is 5.68. The van der Waals surface area contributed by atoms with E-state index >= 15 is 0 Å².